The first kappa shape index (κ1) is 33.1. The highest BCUT2D eigenvalue weighted by atomic mass is 16.5. The molecule has 3 amide bonds. The number of nitrogens with zero attached hydrogens (tertiary/aromatic N) is 1. The van der Waals surface area contributed by atoms with Crippen molar-refractivity contribution in [3.8, 4) is 5.75 Å². The molecule has 0 bridgehead atoms. The van der Waals surface area contributed by atoms with E-state index in [1.54, 1.807) is 32.0 Å². The summed E-state index contributed by atoms with van der Waals surface area (Å²) in [6.07, 6.45) is 2.64. The Kier molecular flexibility index (Phi) is 11.6. The van der Waals surface area contributed by atoms with E-state index in [-0.39, 0.29) is 36.0 Å². The van der Waals surface area contributed by atoms with Gasteiger partial charge in [0.2, 0.25) is 11.8 Å². The van der Waals surface area contributed by atoms with E-state index in [2.05, 4.69) is 29.9 Å². The molecule has 2 aliphatic rings. The molecule has 1 heterocycles. The van der Waals surface area contributed by atoms with Crippen molar-refractivity contribution in [1.82, 2.24) is 21.1 Å². The van der Waals surface area contributed by atoms with Gasteiger partial charge in [0, 0.05) is 18.9 Å². The molecule has 4 N–H and O–H groups in total. The van der Waals surface area contributed by atoms with Crippen LogP contribution in [-0.4, -0.2) is 64.6 Å². The molecule has 0 radical (unpaired) electrons. The fourth-order valence-electron chi connectivity index (χ4n) is 5.56. The molecule has 10 heteroatoms. The second kappa shape index (κ2) is 14.7. The number of rotatable bonds is 11. The smallest absolute Gasteiger partial charge is 0.325 e. The summed E-state index contributed by atoms with van der Waals surface area (Å²) >= 11 is 0. The highest BCUT2D eigenvalue weighted by molar-refractivity contribution is 5.92. The SMILES string of the molecule is CC1=C(C(C)C)CC[C@H]1OC(=O)[C@@H]1CCCN(C(=O)[C@H](Cc2cccc(O)c2)NC(=O)[C@@H](NC(=O)C(C)C)C(C)C)N1. The third-order valence-corrected chi connectivity index (χ3v) is 8.09. The van der Waals surface area contributed by atoms with Gasteiger partial charge in [-0.25, -0.2) is 5.43 Å². The molecule has 1 aromatic carbocycles. The molecule has 42 heavy (non-hydrogen) atoms. The third-order valence-electron chi connectivity index (χ3n) is 8.09. The predicted octanol–water partition coefficient (Wildman–Crippen LogP) is 3.39. The van der Waals surface area contributed by atoms with Gasteiger partial charge in [0.1, 0.15) is 30.0 Å². The molecule has 0 spiro atoms. The van der Waals surface area contributed by atoms with Crippen LogP contribution < -0.4 is 16.1 Å². The van der Waals surface area contributed by atoms with Gasteiger partial charge >= 0.3 is 5.97 Å². The molecule has 1 aromatic rings. The van der Waals surface area contributed by atoms with Crippen molar-refractivity contribution in [2.45, 2.75) is 105 Å². The normalized spacial score (nSPS) is 20.6. The van der Waals surface area contributed by atoms with Gasteiger partial charge < -0.3 is 20.5 Å². The van der Waals surface area contributed by atoms with Crippen molar-refractivity contribution in [2.24, 2.45) is 17.8 Å². The lowest BCUT2D eigenvalue weighted by atomic mass is 9.99. The van der Waals surface area contributed by atoms with Crippen LogP contribution in [0.4, 0.5) is 0 Å². The van der Waals surface area contributed by atoms with Gasteiger partial charge in [-0.15, -0.1) is 0 Å². The molecular formula is C32H48N4O6. The highest BCUT2D eigenvalue weighted by Crippen LogP contribution is 2.33. The number of aromatic hydroxyl groups is 1. The number of phenolic OH excluding ortho intramolecular Hbond substituents is 1. The average molecular weight is 585 g/mol. The van der Waals surface area contributed by atoms with Crippen molar-refractivity contribution in [3.63, 3.8) is 0 Å². The highest BCUT2D eigenvalue weighted by Gasteiger charge is 2.36. The number of esters is 1. The second-order valence-corrected chi connectivity index (χ2v) is 12.5. The largest absolute Gasteiger partial charge is 0.508 e. The van der Waals surface area contributed by atoms with E-state index in [0.29, 0.717) is 30.9 Å². The summed E-state index contributed by atoms with van der Waals surface area (Å²) in [6.45, 7) is 13.8. The van der Waals surface area contributed by atoms with Crippen LogP contribution in [0.5, 0.6) is 5.75 Å². The van der Waals surface area contributed by atoms with E-state index in [9.17, 15) is 24.3 Å². The quantitative estimate of drug-likeness (QED) is 0.231. The van der Waals surface area contributed by atoms with Crippen LogP contribution >= 0.6 is 0 Å². The van der Waals surface area contributed by atoms with Crippen LogP contribution in [0.25, 0.3) is 0 Å². The Morgan fingerprint density at radius 1 is 1.05 bits per heavy atom. The van der Waals surface area contributed by atoms with Crippen LogP contribution in [0, 0.1) is 17.8 Å². The van der Waals surface area contributed by atoms with Gasteiger partial charge in [0.05, 0.1) is 0 Å². The Bertz CT molecular complexity index is 1180. The standard InChI is InChI=1S/C32H48N4O6/c1-18(2)24-13-14-27(21(24)7)42-32(41)25-12-9-15-36(35-25)31(40)26(17-22-10-8-11-23(37)16-22)33-30(39)28(19(3)4)34-29(38)20(5)6/h8,10-11,16,18-20,25-28,35,37H,9,12-15,17H2,1-7H3,(H,33,39)(H,34,38)/t25-,26-,27+,28-/m0/s1. The zero-order chi connectivity index (χ0) is 31.1. The maximum absolute atomic E-state index is 13.9. The number of hydrazine groups is 1. The fraction of sp³-hybridized carbons (Fsp3) is 0.625. The maximum Gasteiger partial charge on any atom is 0.325 e. The summed E-state index contributed by atoms with van der Waals surface area (Å²) in [4.78, 5) is 52.9. The Balaban J connectivity index is 1.76. The number of carbonyl (C=O) groups excluding carboxylic acids is 4. The summed E-state index contributed by atoms with van der Waals surface area (Å²) in [7, 11) is 0. The maximum atomic E-state index is 13.9. The van der Waals surface area contributed by atoms with Crippen molar-refractivity contribution in [3.05, 3.63) is 41.0 Å². The molecule has 3 rings (SSSR count). The zero-order valence-electron chi connectivity index (χ0n) is 26.0. The molecule has 1 saturated heterocycles. The summed E-state index contributed by atoms with van der Waals surface area (Å²) in [5.41, 5.74) is 6.14. The number of phenols is 1. The molecule has 232 valence electrons. The average Bonchev–Trinajstić information content (AvgIpc) is 3.30. The molecule has 4 atom stereocenters. The number of nitrogens with one attached hydrogen (secondary N) is 3. The summed E-state index contributed by atoms with van der Waals surface area (Å²) in [5.74, 6) is -1.62. The summed E-state index contributed by atoms with van der Waals surface area (Å²) < 4.78 is 5.88. The molecule has 0 aromatic heterocycles. The number of allylic oxidation sites excluding steroid dienone is 1. The second-order valence-electron chi connectivity index (χ2n) is 12.5. The Morgan fingerprint density at radius 2 is 1.76 bits per heavy atom. The van der Waals surface area contributed by atoms with Gasteiger partial charge in [-0.05, 0) is 67.7 Å². The monoisotopic (exact) mass is 584 g/mol. The number of ether oxygens (including phenoxy) is 1. The van der Waals surface area contributed by atoms with E-state index in [0.717, 1.165) is 18.4 Å². The fourth-order valence-corrected chi connectivity index (χ4v) is 5.56. The van der Waals surface area contributed by atoms with Crippen LogP contribution in [0.1, 0.15) is 79.7 Å². The zero-order valence-corrected chi connectivity index (χ0v) is 26.0. The Morgan fingerprint density at radius 3 is 2.36 bits per heavy atom. The topological polar surface area (TPSA) is 137 Å². The minimum atomic E-state index is -1.01. The van der Waals surface area contributed by atoms with Gasteiger partial charge in [0.15, 0.2) is 0 Å². The van der Waals surface area contributed by atoms with E-state index in [4.69, 9.17) is 4.74 Å². The summed E-state index contributed by atoms with van der Waals surface area (Å²) in [5, 5.41) is 17.0. The van der Waals surface area contributed by atoms with Gasteiger partial charge in [-0.1, -0.05) is 59.2 Å². The first-order chi connectivity index (χ1) is 19.8. The van der Waals surface area contributed by atoms with E-state index in [1.807, 2.05) is 20.8 Å². The first-order valence-corrected chi connectivity index (χ1v) is 15.1. The molecule has 1 aliphatic heterocycles. The number of carbonyl (C=O) groups is 4. The lowest BCUT2D eigenvalue weighted by molar-refractivity contribution is -0.156. The molecular weight excluding hydrogens is 536 g/mol. The summed E-state index contributed by atoms with van der Waals surface area (Å²) in [6, 6.07) is 3.97. The number of hydrogen-bond acceptors (Lipinski definition) is 7. The van der Waals surface area contributed by atoms with Gasteiger partial charge in [-0.2, -0.15) is 0 Å². The number of benzene rings is 1. The predicted molar refractivity (Wildman–Crippen MR) is 160 cm³/mol. The van der Waals surface area contributed by atoms with Crippen molar-refractivity contribution < 1.29 is 29.0 Å². The van der Waals surface area contributed by atoms with Gasteiger partial charge in [-0.3, -0.25) is 24.2 Å². The van der Waals surface area contributed by atoms with E-state index in [1.165, 1.54) is 16.6 Å². The van der Waals surface area contributed by atoms with Crippen LogP contribution in [0.15, 0.2) is 35.4 Å². The number of amides is 3. The van der Waals surface area contributed by atoms with Crippen LogP contribution in [0.2, 0.25) is 0 Å². The van der Waals surface area contributed by atoms with Gasteiger partial charge in [0.25, 0.3) is 5.91 Å². The van der Waals surface area contributed by atoms with Crippen molar-refractivity contribution >= 4 is 23.7 Å². The van der Waals surface area contributed by atoms with Crippen LogP contribution in [0.3, 0.4) is 0 Å². The van der Waals surface area contributed by atoms with E-state index < -0.39 is 35.9 Å². The van der Waals surface area contributed by atoms with Crippen molar-refractivity contribution in [1.29, 1.82) is 0 Å². The molecule has 0 unspecified atom stereocenters. The van der Waals surface area contributed by atoms with E-state index >= 15 is 0 Å². The molecule has 1 aliphatic carbocycles. The Labute approximate surface area is 249 Å². The minimum absolute atomic E-state index is 0.0464. The first-order valence-electron chi connectivity index (χ1n) is 15.1. The third kappa shape index (κ3) is 8.56. The molecule has 1 fully saturated rings. The minimum Gasteiger partial charge on any atom is -0.508 e. The van der Waals surface area contributed by atoms with Crippen molar-refractivity contribution in [2.75, 3.05) is 6.54 Å². The lowest BCUT2D eigenvalue weighted by Gasteiger charge is -2.36. The molecule has 0 saturated carbocycles. The Hall–Kier alpha value is -3.40. The lowest BCUT2D eigenvalue weighted by Crippen LogP contribution is -2.62. The van der Waals surface area contributed by atoms with Crippen LogP contribution in [-0.2, 0) is 30.3 Å². The number of hydrogen-bond donors (Lipinski definition) is 4. The molecule has 10 nitrogen and oxygen atoms in total.